The monoisotopic (exact) mass is 236 g/mol. The summed E-state index contributed by atoms with van der Waals surface area (Å²) in [6.45, 7) is 2.10. The number of nitrogens with two attached hydrogens (primary N) is 1. The van der Waals surface area contributed by atoms with Gasteiger partial charge in [-0.2, -0.15) is 0 Å². The second kappa shape index (κ2) is 4.40. The van der Waals surface area contributed by atoms with Crippen LogP contribution >= 0.6 is 11.3 Å². The molecule has 0 fully saturated rings. The van der Waals surface area contributed by atoms with Crippen LogP contribution in [0.15, 0.2) is 23.6 Å². The Morgan fingerprint density at radius 1 is 1.62 bits per heavy atom. The molecule has 3 N–H and O–H groups in total. The molecule has 0 saturated carbocycles. The highest BCUT2D eigenvalue weighted by Gasteiger charge is 2.15. The van der Waals surface area contributed by atoms with Crippen molar-refractivity contribution >= 4 is 23.0 Å². The first-order valence-corrected chi connectivity index (χ1v) is 5.79. The first-order valence-electron chi connectivity index (χ1n) is 4.92. The molecule has 2 aromatic rings. The van der Waals surface area contributed by atoms with E-state index in [2.05, 4.69) is 4.98 Å². The van der Waals surface area contributed by atoms with Gasteiger partial charge in [0.05, 0.1) is 22.9 Å². The highest BCUT2D eigenvalue weighted by molar-refractivity contribution is 7.13. The number of aromatic amines is 1. The van der Waals surface area contributed by atoms with Gasteiger partial charge in [-0.05, 0) is 24.4 Å². The SMILES string of the molecule is CCOC(=O)c1[nH]c(-c2cccs2)cc1N. The standard InChI is InChI=1S/C11H12N2O2S/c1-2-15-11(14)10-7(12)6-8(13-10)9-4-3-5-16-9/h3-6,13H,2,12H2,1H3. The van der Waals surface area contributed by atoms with Gasteiger partial charge in [0.2, 0.25) is 0 Å². The minimum Gasteiger partial charge on any atom is -0.461 e. The van der Waals surface area contributed by atoms with Gasteiger partial charge >= 0.3 is 5.97 Å². The van der Waals surface area contributed by atoms with Crippen LogP contribution in [-0.4, -0.2) is 17.6 Å². The summed E-state index contributed by atoms with van der Waals surface area (Å²) in [5, 5.41) is 1.97. The number of esters is 1. The molecule has 2 aromatic heterocycles. The summed E-state index contributed by atoms with van der Waals surface area (Å²) in [5.41, 5.74) is 7.34. The van der Waals surface area contributed by atoms with Crippen molar-refractivity contribution in [3.8, 4) is 10.6 Å². The first kappa shape index (κ1) is 10.8. The maximum atomic E-state index is 11.5. The van der Waals surface area contributed by atoms with Crippen LogP contribution in [0.5, 0.6) is 0 Å². The average Bonchev–Trinajstić information content (AvgIpc) is 2.86. The summed E-state index contributed by atoms with van der Waals surface area (Å²) in [6, 6.07) is 5.66. The number of ether oxygens (including phenoxy) is 1. The summed E-state index contributed by atoms with van der Waals surface area (Å²) < 4.78 is 4.89. The molecule has 5 heteroatoms. The normalized spacial score (nSPS) is 10.3. The van der Waals surface area contributed by atoms with E-state index in [-0.39, 0.29) is 0 Å². The lowest BCUT2D eigenvalue weighted by atomic mass is 10.3. The van der Waals surface area contributed by atoms with Gasteiger partial charge in [-0.3, -0.25) is 0 Å². The van der Waals surface area contributed by atoms with Crippen molar-refractivity contribution < 1.29 is 9.53 Å². The van der Waals surface area contributed by atoms with E-state index in [4.69, 9.17) is 10.5 Å². The fraction of sp³-hybridized carbons (Fsp3) is 0.182. The summed E-state index contributed by atoms with van der Waals surface area (Å²) in [7, 11) is 0. The van der Waals surface area contributed by atoms with E-state index in [9.17, 15) is 4.79 Å². The van der Waals surface area contributed by atoms with Gasteiger partial charge in [-0.25, -0.2) is 4.79 Å². The lowest BCUT2D eigenvalue weighted by molar-refractivity contribution is 0.0521. The van der Waals surface area contributed by atoms with E-state index in [1.165, 1.54) is 0 Å². The summed E-state index contributed by atoms with van der Waals surface area (Å²) in [4.78, 5) is 15.5. The van der Waals surface area contributed by atoms with Crippen LogP contribution in [0.1, 0.15) is 17.4 Å². The van der Waals surface area contributed by atoms with Crippen LogP contribution in [0, 0.1) is 0 Å². The minimum atomic E-state index is -0.414. The van der Waals surface area contributed by atoms with Gasteiger partial charge in [0.1, 0.15) is 5.69 Å². The molecule has 0 aliphatic heterocycles. The number of hydrogen-bond donors (Lipinski definition) is 2. The van der Waals surface area contributed by atoms with Crippen molar-refractivity contribution in [2.75, 3.05) is 12.3 Å². The highest BCUT2D eigenvalue weighted by atomic mass is 32.1. The third-order valence-corrected chi connectivity index (χ3v) is 3.02. The smallest absolute Gasteiger partial charge is 0.356 e. The average molecular weight is 236 g/mol. The predicted molar refractivity (Wildman–Crippen MR) is 64.5 cm³/mol. The van der Waals surface area contributed by atoms with Crippen LogP contribution in [0.2, 0.25) is 0 Å². The summed E-state index contributed by atoms with van der Waals surface area (Å²) in [6.07, 6.45) is 0. The highest BCUT2D eigenvalue weighted by Crippen LogP contribution is 2.27. The third kappa shape index (κ3) is 1.94. The van der Waals surface area contributed by atoms with E-state index in [0.717, 1.165) is 10.6 Å². The molecule has 0 bridgehead atoms. The molecule has 0 spiro atoms. The van der Waals surface area contributed by atoms with Crippen LogP contribution in [-0.2, 0) is 4.74 Å². The molecule has 2 heterocycles. The Labute approximate surface area is 97.0 Å². The predicted octanol–water partition coefficient (Wildman–Crippen LogP) is 2.50. The molecule has 0 aliphatic rings. The van der Waals surface area contributed by atoms with E-state index in [0.29, 0.717) is 18.0 Å². The van der Waals surface area contributed by atoms with Gasteiger partial charge < -0.3 is 15.5 Å². The molecule has 0 atom stereocenters. The van der Waals surface area contributed by atoms with Gasteiger partial charge in [0, 0.05) is 0 Å². The molecule has 0 radical (unpaired) electrons. The fourth-order valence-corrected chi connectivity index (χ4v) is 2.11. The Kier molecular flexibility index (Phi) is 2.96. The van der Waals surface area contributed by atoms with Crippen molar-refractivity contribution in [3.05, 3.63) is 29.3 Å². The van der Waals surface area contributed by atoms with E-state index in [1.54, 1.807) is 24.3 Å². The Bertz CT molecular complexity index is 488. The Morgan fingerprint density at radius 3 is 3.06 bits per heavy atom. The summed E-state index contributed by atoms with van der Waals surface area (Å²) in [5.74, 6) is -0.414. The fourth-order valence-electron chi connectivity index (χ4n) is 1.41. The number of nitrogens with one attached hydrogen (secondary N) is 1. The molecule has 0 saturated heterocycles. The van der Waals surface area contributed by atoms with Gasteiger partial charge in [0.25, 0.3) is 0 Å². The topological polar surface area (TPSA) is 68.1 Å². The summed E-state index contributed by atoms with van der Waals surface area (Å²) >= 11 is 1.58. The van der Waals surface area contributed by atoms with Gasteiger partial charge in [-0.15, -0.1) is 11.3 Å². The van der Waals surface area contributed by atoms with Crippen LogP contribution in [0.3, 0.4) is 0 Å². The van der Waals surface area contributed by atoms with Crippen molar-refractivity contribution in [1.29, 1.82) is 0 Å². The van der Waals surface area contributed by atoms with Crippen LogP contribution in [0.4, 0.5) is 5.69 Å². The van der Waals surface area contributed by atoms with E-state index < -0.39 is 5.97 Å². The molecule has 0 aliphatic carbocycles. The van der Waals surface area contributed by atoms with Crippen LogP contribution < -0.4 is 5.73 Å². The lowest BCUT2D eigenvalue weighted by Crippen LogP contribution is -2.07. The largest absolute Gasteiger partial charge is 0.461 e. The molecule has 0 aromatic carbocycles. The molecule has 84 valence electrons. The molecule has 2 rings (SSSR count). The van der Waals surface area contributed by atoms with Crippen molar-refractivity contribution in [2.24, 2.45) is 0 Å². The number of carbonyl (C=O) groups is 1. The van der Waals surface area contributed by atoms with Crippen molar-refractivity contribution in [1.82, 2.24) is 4.98 Å². The number of anilines is 1. The van der Waals surface area contributed by atoms with Gasteiger partial charge in [-0.1, -0.05) is 6.07 Å². The third-order valence-electron chi connectivity index (χ3n) is 2.11. The Balaban J connectivity index is 2.32. The molecule has 16 heavy (non-hydrogen) atoms. The second-order valence-corrected chi connectivity index (χ2v) is 4.16. The van der Waals surface area contributed by atoms with Crippen molar-refractivity contribution in [3.63, 3.8) is 0 Å². The van der Waals surface area contributed by atoms with Gasteiger partial charge in [0.15, 0.2) is 0 Å². The molecular weight excluding hydrogens is 224 g/mol. The zero-order valence-electron chi connectivity index (χ0n) is 8.82. The molecular formula is C11H12N2O2S. The maximum absolute atomic E-state index is 11.5. The zero-order chi connectivity index (χ0) is 11.5. The number of nitrogen functional groups attached to an aromatic ring is 1. The number of thiophene rings is 1. The number of carbonyl (C=O) groups excluding carboxylic acids is 1. The zero-order valence-corrected chi connectivity index (χ0v) is 9.64. The quantitative estimate of drug-likeness (QED) is 0.804. The van der Waals surface area contributed by atoms with Crippen LogP contribution in [0.25, 0.3) is 10.6 Å². The number of aromatic nitrogens is 1. The Morgan fingerprint density at radius 2 is 2.44 bits per heavy atom. The molecule has 0 amide bonds. The lowest BCUT2D eigenvalue weighted by Gasteiger charge is -1.99. The maximum Gasteiger partial charge on any atom is 0.356 e. The minimum absolute atomic E-state index is 0.324. The number of H-pyrrole nitrogens is 1. The molecule has 0 unspecified atom stereocenters. The van der Waals surface area contributed by atoms with E-state index in [1.807, 2.05) is 17.5 Å². The van der Waals surface area contributed by atoms with E-state index >= 15 is 0 Å². The van der Waals surface area contributed by atoms with Crippen molar-refractivity contribution in [2.45, 2.75) is 6.92 Å². The number of hydrogen-bond acceptors (Lipinski definition) is 4. The second-order valence-electron chi connectivity index (χ2n) is 3.21. The first-order chi connectivity index (χ1) is 7.72. The molecule has 4 nitrogen and oxygen atoms in total. The Hall–Kier alpha value is -1.75. The number of rotatable bonds is 3.